The Hall–Kier alpha value is -3.47. The number of hydrogen-bond acceptors (Lipinski definition) is 3. The number of carbonyl (C=O) groups is 2. The molecule has 0 unspecified atom stereocenters. The van der Waals surface area contributed by atoms with Gasteiger partial charge < -0.3 is 10.2 Å². The van der Waals surface area contributed by atoms with E-state index in [1.165, 1.54) is 0 Å². The quantitative estimate of drug-likeness (QED) is 0.763. The van der Waals surface area contributed by atoms with Gasteiger partial charge in [0, 0.05) is 11.1 Å². The van der Waals surface area contributed by atoms with Crippen molar-refractivity contribution < 1.29 is 19.8 Å². The monoisotopic (exact) mass is 319 g/mol. The molecule has 2 aromatic carbocycles. The Labute approximate surface area is 137 Å². The number of carboxylic acids is 2. The van der Waals surface area contributed by atoms with E-state index in [2.05, 4.69) is 4.98 Å². The molecule has 0 saturated heterocycles. The first kappa shape index (κ1) is 15.4. The zero-order valence-corrected chi connectivity index (χ0v) is 12.5. The van der Waals surface area contributed by atoms with Crippen molar-refractivity contribution in [2.75, 3.05) is 0 Å². The largest absolute Gasteiger partial charge is 0.478 e. The van der Waals surface area contributed by atoms with Gasteiger partial charge in [0.2, 0.25) is 0 Å². The molecule has 118 valence electrons. The van der Waals surface area contributed by atoms with Crippen LogP contribution in [0.25, 0.3) is 22.4 Å². The van der Waals surface area contributed by atoms with Crippen LogP contribution in [0.2, 0.25) is 0 Å². The van der Waals surface area contributed by atoms with Gasteiger partial charge in [0.15, 0.2) is 5.69 Å². The highest BCUT2D eigenvalue weighted by Gasteiger charge is 2.24. The topological polar surface area (TPSA) is 87.5 Å². The first-order valence-electron chi connectivity index (χ1n) is 7.20. The molecule has 0 amide bonds. The molecule has 3 aromatic rings. The summed E-state index contributed by atoms with van der Waals surface area (Å²) in [5, 5.41) is 18.9. The lowest BCUT2D eigenvalue weighted by atomic mass is 9.96. The maximum atomic E-state index is 11.7. The van der Waals surface area contributed by atoms with Gasteiger partial charge in [-0.2, -0.15) is 0 Å². The first-order chi connectivity index (χ1) is 11.6. The summed E-state index contributed by atoms with van der Waals surface area (Å²) in [6.07, 6.45) is 0. The van der Waals surface area contributed by atoms with Crippen LogP contribution in [0.5, 0.6) is 0 Å². The maximum absolute atomic E-state index is 11.7. The number of aromatic carboxylic acids is 2. The van der Waals surface area contributed by atoms with Crippen LogP contribution in [0.1, 0.15) is 20.8 Å². The number of hydrogen-bond donors (Lipinski definition) is 2. The van der Waals surface area contributed by atoms with Crippen molar-refractivity contribution in [3.05, 3.63) is 78.0 Å². The maximum Gasteiger partial charge on any atom is 0.355 e. The molecule has 0 fully saturated rings. The molecule has 3 rings (SSSR count). The van der Waals surface area contributed by atoms with E-state index < -0.39 is 17.6 Å². The molecular formula is C19H13NO4. The van der Waals surface area contributed by atoms with Gasteiger partial charge in [0.05, 0.1) is 5.69 Å². The number of pyridine rings is 1. The molecule has 0 spiro atoms. The molecule has 0 bridgehead atoms. The summed E-state index contributed by atoms with van der Waals surface area (Å²) in [6.45, 7) is 0. The third-order valence-electron chi connectivity index (χ3n) is 3.59. The lowest BCUT2D eigenvalue weighted by Crippen LogP contribution is -2.13. The molecule has 5 heteroatoms. The van der Waals surface area contributed by atoms with Crippen LogP contribution in [-0.2, 0) is 0 Å². The van der Waals surface area contributed by atoms with E-state index in [1.807, 2.05) is 18.2 Å². The molecule has 0 atom stereocenters. The predicted molar refractivity (Wildman–Crippen MR) is 89.0 cm³/mol. The fourth-order valence-electron chi connectivity index (χ4n) is 2.52. The number of benzene rings is 2. The van der Waals surface area contributed by atoms with Gasteiger partial charge in [-0.05, 0) is 11.6 Å². The number of nitrogens with zero attached hydrogens (tertiary/aromatic N) is 1. The van der Waals surface area contributed by atoms with Crippen LogP contribution in [0, 0.1) is 0 Å². The molecule has 1 aromatic heterocycles. The second-order valence-corrected chi connectivity index (χ2v) is 5.12. The third-order valence-corrected chi connectivity index (χ3v) is 3.59. The van der Waals surface area contributed by atoms with E-state index >= 15 is 0 Å². The summed E-state index contributed by atoms with van der Waals surface area (Å²) >= 11 is 0. The van der Waals surface area contributed by atoms with Gasteiger partial charge in [-0.25, -0.2) is 14.6 Å². The van der Waals surface area contributed by atoms with Gasteiger partial charge >= 0.3 is 11.9 Å². The van der Waals surface area contributed by atoms with Crippen LogP contribution in [0.4, 0.5) is 0 Å². The second kappa shape index (κ2) is 6.34. The summed E-state index contributed by atoms with van der Waals surface area (Å²) in [5.74, 6) is -2.69. The van der Waals surface area contributed by atoms with Crippen molar-refractivity contribution in [1.82, 2.24) is 4.98 Å². The van der Waals surface area contributed by atoms with Crippen molar-refractivity contribution >= 4 is 11.9 Å². The molecule has 0 saturated carbocycles. The minimum atomic E-state index is -1.37. The fourth-order valence-corrected chi connectivity index (χ4v) is 2.52. The highest BCUT2D eigenvalue weighted by atomic mass is 16.4. The minimum absolute atomic E-state index is 0.312. The Kier molecular flexibility index (Phi) is 4.07. The van der Waals surface area contributed by atoms with E-state index in [4.69, 9.17) is 0 Å². The smallest absolute Gasteiger partial charge is 0.355 e. The molecule has 24 heavy (non-hydrogen) atoms. The molecule has 0 aliphatic carbocycles. The molecule has 0 radical (unpaired) electrons. The Bertz CT molecular complexity index is 905. The highest BCUT2D eigenvalue weighted by molar-refractivity contribution is 6.06. The summed E-state index contributed by atoms with van der Waals surface area (Å²) in [4.78, 5) is 27.3. The fraction of sp³-hybridized carbons (Fsp3) is 0. The highest BCUT2D eigenvalue weighted by Crippen LogP contribution is 2.30. The summed E-state index contributed by atoms with van der Waals surface area (Å²) in [7, 11) is 0. The van der Waals surface area contributed by atoms with E-state index in [0.29, 0.717) is 22.4 Å². The van der Waals surface area contributed by atoms with Crippen molar-refractivity contribution in [2.24, 2.45) is 0 Å². The van der Waals surface area contributed by atoms with E-state index in [0.717, 1.165) is 0 Å². The second-order valence-electron chi connectivity index (χ2n) is 5.12. The Morgan fingerprint density at radius 3 is 1.79 bits per heavy atom. The number of carboxylic acid groups (broad SMARTS) is 2. The normalized spacial score (nSPS) is 10.3. The van der Waals surface area contributed by atoms with E-state index in [1.54, 1.807) is 48.5 Å². The van der Waals surface area contributed by atoms with Gasteiger partial charge in [0.25, 0.3) is 0 Å². The van der Waals surface area contributed by atoms with Crippen molar-refractivity contribution in [3.63, 3.8) is 0 Å². The van der Waals surface area contributed by atoms with Crippen molar-refractivity contribution in [1.29, 1.82) is 0 Å². The average Bonchev–Trinajstić information content (AvgIpc) is 2.62. The molecule has 5 nitrogen and oxygen atoms in total. The predicted octanol–water partition coefficient (Wildman–Crippen LogP) is 3.81. The first-order valence-corrected chi connectivity index (χ1v) is 7.20. The molecule has 1 heterocycles. The van der Waals surface area contributed by atoms with Crippen LogP contribution >= 0.6 is 0 Å². The molecule has 2 N–H and O–H groups in total. The van der Waals surface area contributed by atoms with Gasteiger partial charge in [-0.1, -0.05) is 60.7 Å². The Balaban J connectivity index is 2.35. The Morgan fingerprint density at radius 2 is 1.29 bits per heavy atom. The van der Waals surface area contributed by atoms with Gasteiger partial charge in [0.1, 0.15) is 5.56 Å². The Morgan fingerprint density at radius 1 is 0.750 bits per heavy atom. The van der Waals surface area contributed by atoms with Crippen LogP contribution in [0.3, 0.4) is 0 Å². The van der Waals surface area contributed by atoms with E-state index in [9.17, 15) is 19.8 Å². The zero-order chi connectivity index (χ0) is 17.1. The molecule has 0 aliphatic heterocycles. The summed E-state index contributed by atoms with van der Waals surface area (Å²) < 4.78 is 0. The summed E-state index contributed by atoms with van der Waals surface area (Å²) in [6, 6.07) is 19.5. The summed E-state index contributed by atoms with van der Waals surface area (Å²) in [5.41, 5.74) is 1.30. The van der Waals surface area contributed by atoms with Crippen LogP contribution in [0.15, 0.2) is 66.7 Å². The van der Waals surface area contributed by atoms with Crippen LogP contribution in [-0.4, -0.2) is 27.1 Å². The average molecular weight is 319 g/mol. The SMILES string of the molecule is O=C(O)c1nc(-c2ccccc2)cc(-c2ccccc2)c1C(=O)O. The van der Waals surface area contributed by atoms with Crippen molar-refractivity contribution in [3.8, 4) is 22.4 Å². The van der Waals surface area contributed by atoms with Crippen LogP contribution < -0.4 is 0 Å². The standard InChI is InChI=1S/C19H13NO4/c21-18(22)16-14(12-7-3-1-4-8-12)11-15(20-17(16)19(23)24)13-9-5-2-6-10-13/h1-11H,(H,21,22)(H,23,24). The molecule has 0 aliphatic rings. The number of aromatic nitrogens is 1. The minimum Gasteiger partial charge on any atom is -0.478 e. The number of rotatable bonds is 4. The zero-order valence-electron chi connectivity index (χ0n) is 12.5. The lowest BCUT2D eigenvalue weighted by Gasteiger charge is -2.12. The lowest BCUT2D eigenvalue weighted by molar-refractivity contribution is 0.0647. The van der Waals surface area contributed by atoms with Crippen molar-refractivity contribution in [2.45, 2.75) is 0 Å². The van der Waals surface area contributed by atoms with E-state index in [-0.39, 0.29) is 5.56 Å². The van der Waals surface area contributed by atoms with Gasteiger partial charge in [-0.3, -0.25) is 0 Å². The van der Waals surface area contributed by atoms with Gasteiger partial charge in [-0.15, -0.1) is 0 Å². The molecular weight excluding hydrogens is 306 g/mol. The third kappa shape index (κ3) is 2.87.